The van der Waals surface area contributed by atoms with Crippen molar-refractivity contribution in [2.24, 2.45) is 5.41 Å². The van der Waals surface area contributed by atoms with Crippen molar-refractivity contribution >= 4 is 36.3 Å². The molecule has 4 rings (SSSR count). The number of allylic oxidation sites excluding steroid dienone is 9. The predicted octanol–water partition coefficient (Wildman–Crippen LogP) is 4.67. The number of halogens is 4. The molecule has 1 saturated heterocycles. The Labute approximate surface area is 253 Å². The van der Waals surface area contributed by atoms with Gasteiger partial charge in [0.25, 0.3) is 0 Å². The summed E-state index contributed by atoms with van der Waals surface area (Å²) in [5, 5.41) is 7.73. The maximum atomic E-state index is 13.3. The summed E-state index contributed by atoms with van der Waals surface area (Å²) in [6.45, 7) is 5.04. The van der Waals surface area contributed by atoms with E-state index in [4.69, 9.17) is 25.6 Å². The monoisotopic (exact) mass is 620 g/mol. The van der Waals surface area contributed by atoms with Gasteiger partial charge in [0, 0.05) is 66.6 Å². The van der Waals surface area contributed by atoms with E-state index in [1.807, 2.05) is 13.8 Å². The van der Waals surface area contributed by atoms with Crippen LogP contribution >= 0.6 is 11.6 Å². The molecule has 3 N–H and O–H groups in total. The second kappa shape index (κ2) is 13.8. The molecule has 1 aliphatic heterocycles. The minimum Gasteiger partial charge on any atom is -0.462 e. The smallest absolute Gasteiger partial charge is 0.462 e. The molecule has 0 saturated carbocycles. The molecular weight excluding hydrogens is 588 g/mol. The summed E-state index contributed by atoms with van der Waals surface area (Å²) < 4.78 is 57.8. The van der Waals surface area contributed by atoms with Crippen molar-refractivity contribution in [2.75, 3.05) is 20.3 Å². The second-order valence-electron chi connectivity index (χ2n) is 11.1. The number of amides is 3. The van der Waals surface area contributed by atoms with Gasteiger partial charge in [-0.3, -0.25) is 9.78 Å². The molecule has 3 amide bonds. The highest BCUT2D eigenvalue weighted by atomic mass is 35.5. The van der Waals surface area contributed by atoms with Crippen LogP contribution in [0.4, 0.5) is 18.0 Å². The number of carbonyl (C=O) groups is 2. The fourth-order valence-corrected chi connectivity index (χ4v) is 4.60. The lowest BCUT2D eigenvalue weighted by molar-refractivity contribution is -0.120. The van der Waals surface area contributed by atoms with Gasteiger partial charge in [0.15, 0.2) is 0 Å². The highest BCUT2D eigenvalue weighted by Gasteiger charge is 2.36. The second-order valence-corrected chi connectivity index (χ2v) is 11.6. The number of carbonyl (C=O) groups excluding carboxylic acids is 2. The average molecular weight is 621 g/mol. The van der Waals surface area contributed by atoms with E-state index in [0.717, 1.165) is 6.08 Å². The first kappa shape index (κ1) is 32.4. The van der Waals surface area contributed by atoms with Crippen molar-refractivity contribution in [2.45, 2.75) is 52.1 Å². The van der Waals surface area contributed by atoms with Crippen molar-refractivity contribution in [1.82, 2.24) is 20.9 Å². The van der Waals surface area contributed by atoms with Crippen LogP contribution in [-0.4, -0.2) is 50.5 Å². The summed E-state index contributed by atoms with van der Waals surface area (Å²) in [4.78, 5) is 29.2. The molecule has 1 fully saturated rings. The van der Waals surface area contributed by atoms with Crippen LogP contribution in [0.15, 0.2) is 70.3 Å². The van der Waals surface area contributed by atoms with E-state index < -0.39 is 31.3 Å². The topological polar surface area (TPSA) is 111 Å². The lowest BCUT2D eigenvalue weighted by Crippen LogP contribution is -2.48. The number of nitrogens with one attached hydrogen (secondary N) is 3. The molecule has 9 nitrogen and oxygen atoms in total. The van der Waals surface area contributed by atoms with Gasteiger partial charge in [0.05, 0.1) is 17.7 Å². The molecule has 43 heavy (non-hydrogen) atoms. The van der Waals surface area contributed by atoms with E-state index in [1.165, 1.54) is 12.2 Å². The van der Waals surface area contributed by atoms with Crippen LogP contribution in [0.3, 0.4) is 0 Å². The Morgan fingerprint density at radius 2 is 1.84 bits per heavy atom. The third kappa shape index (κ3) is 9.73. The van der Waals surface area contributed by atoms with Crippen molar-refractivity contribution in [3.05, 3.63) is 76.0 Å². The van der Waals surface area contributed by atoms with Crippen LogP contribution in [0.2, 0.25) is 0 Å². The number of hydrogen-bond donors (Lipinski definition) is 3. The molecule has 0 atom stereocenters. The maximum Gasteiger partial charge on any atom is 0.513 e. The van der Waals surface area contributed by atoms with E-state index in [2.05, 4.69) is 20.9 Å². The first-order valence-corrected chi connectivity index (χ1v) is 14.1. The van der Waals surface area contributed by atoms with Crippen molar-refractivity contribution in [3.63, 3.8) is 0 Å². The molecule has 0 spiro atoms. The van der Waals surface area contributed by atoms with Crippen molar-refractivity contribution < 1.29 is 36.8 Å². The zero-order valence-corrected chi connectivity index (χ0v) is 24.8. The predicted molar refractivity (Wildman–Crippen MR) is 156 cm³/mol. The SMILES string of the molecule is CNC(=O)Cc1cc(OC2=CC=C(NC(=O)NC3=CC=C(Cl)CC(C(F)(F)F)=C3)CCC2)cc(B2OCC(C)(C)CO2)n1. The lowest BCUT2D eigenvalue weighted by Gasteiger charge is -2.32. The van der Waals surface area contributed by atoms with Gasteiger partial charge in [0.1, 0.15) is 11.5 Å². The number of ether oxygens (including phenoxy) is 1. The number of rotatable bonds is 7. The molecule has 2 aliphatic carbocycles. The largest absolute Gasteiger partial charge is 0.513 e. The van der Waals surface area contributed by atoms with Gasteiger partial charge in [0.2, 0.25) is 5.91 Å². The zero-order valence-electron chi connectivity index (χ0n) is 24.1. The number of nitrogens with zero attached hydrogens (tertiary/aromatic N) is 1. The van der Waals surface area contributed by atoms with Gasteiger partial charge < -0.3 is 30.0 Å². The van der Waals surface area contributed by atoms with Crippen LogP contribution in [0, 0.1) is 5.41 Å². The molecular formula is C29H33BClF3N4O5. The van der Waals surface area contributed by atoms with Gasteiger partial charge in [-0.15, -0.1) is 0 Å². The van der Waals surface area contributed by atoms with E-state index >= 15 is 0 Å². The number of pyridine rings is 1. The number of aromatic nitrogens is 1. The Hall–Kier alpha value is -3.55. The number of hydrogen-bond acceptors (Lipinski definition) is 6. The summed E-state index contributed by atoms with van der Waals surface area (Å²) in [6, 6.07) is 2.70. The van der Waals surface area contributed by atoms with Crippen LogP contribution < -0.4 is 26.3 Å². The van der Waals surface area contributed by atoms with Crippen LogP contribution in [0.25, 0.3) is 0 Å². The van der Waals surface area contributed by atoms with E-state index in [-0.39, 0.29) is 28.5 Å². The minimum atomic E-state index is -4.58. The van der Waals surface area contributed by atoms with Gasteiger partial charge in [-0.2, -0.15) is 13.2 Å². The first-order chi connectivity index (χ1) is 20.3. The van der Waals surface area contributed by atoms with Gasteiger partial charge in [-0.1, -0.05) is 25.4 Å². The van der Waals surface area contributed by atoms with Crippen molar-refractivity contribution in [1.29, 1.82) is 0 Å². The molecule has 2 heterocycles. The maximum absolute atomic E-state index is 13.3. The van der Waals surface area contributed by atoms with Gasteiger partial charge in [-0.25, -0.2) is 4.79 Å². The Morgan fingerprint density at radius 1 is 1.09 bits per heavy atom. The molecule has 3 aliphatic rings. The van der Waals surface area contributed by atoms with E-state index in [9.17, 15) is 22.8 Å². The summed E-state index contributed by atoms with van der Waals surface area (Å²) in [6.07, 6.45) is 3.56. The normalized spacial score (nSPS) is 19.0. The molecule has 0 bridgehead atoms. The quantitative estimate of drug-likeness (QED) is 0.383. The molecule has 1 aromatic heterocycles. The molecule has 0 radical (unpaired) electrons. The van der Waals surface area contributed by atoms with Gasteiger partial charge in [-0.05, 0) is 49.3 Å². The van der Waals surface area contributed by atoms with Crippen LogP contribution in [0.5, 0.6) is 5.75 Å². The third-order valence-corrected chi connectivity index (χ3v) is 6.86. The summed E-state index contributed by atoms with van der Waals surface area (Å²) in [5.41, 5.74) is 0.503. The van der Waals surface area contributed by atoms with Gasteiger partial charge >= 0.3 is 19.3 Å². The van der Waals surface area contributed by atoms with E-state index in [1.54, 1.807) is 31.3 Å². The summed E-state index contributed by atoms with van der Waals surface area (Å²) in [5.74, 6) is 0.849. The number of urea groups is 1. The zero-order chi connectivity index (χ0) is 31.2. The van der Waals surface area contributed by atoms with E-state index in [0.29, 0.717) is 61.0 Å². The highest BCUT2D eigenvalue weighted by Crippen LogP contribution is 2.33. The molecule has 14 heteroatoms. The fraction of sp³-hybridized carbons (Fsp3) is 0.414. The average Bonchev–Trinajstić information content (AvgIpc) is 3.26. The highest BCUT2D eigenvalue weighted by molar-refractivity contribution is 6.60. The Morgan fingerprint density at radius 3 is 2.53 bits per heavy atom. The lowest BCUT2D eigenvalue weighted by atomic mass is 9.79. The molecule has 0 unspecified atom stereocenters. The Kier molecular flexibility index (Phi) is 10.4. The molecule has 0 aromatic carbocycles. The number of likely N-dealkylation sites (N-methyl/N-ethyl adjacent to an activating group) is 1. The summed E-state index contributed by atoms with van der Waals surface area (Å²) >= 11 is 5.85. The first-order valence-electron chi connectivity index (χ1n) is 13.7. The Balaban J connectivity index is 1.46. The summed E-state index contributed by atoms with van der Waals surface area (Å²) in [7, 11) is 0.846. The number of alkyl halides is 3. The standard InChI is InChI=1S/C29H33BClF3N4O5/c1-28(2)16-41-30(42-17-28)25-15-24(13-22(36-25)14-26(39)35-3)43-23-6-4-5-20(9-10-23)37-27(40)38-21-8-7-19(31)11-18(12-21)29(32,33)34/h7-10,12-13,15H,4-6,11,14,16-17H2,1-3H3,(H,35,39)(H2,37,38,40). The van der Waals surface area contributed by atoms with Crippen LogP contribution in [0.1, 0.15) is 45.2 Å². The van der Waals surface area contributed by atoms with Crippen LogP contribution in [-0.2, 0) is 20.5 Å². The molecule has 230 valence electrons. The van der Waals surface area contributed by atoms with Crippen molar-refractivity contribution in [3.8, 4) is 5.75 Å². The minimum absolute atomic E-state index is 0.00901. The molecule has 1 aromatic rings. The fourth-order valence-electron chi connectivity index (χ4n) is 4.40. The Bertz CT molecular complexity index is 1390. The third-order valence-electron chi connectivity index (χ3n) is 6.60.